The summed E-state index contributed by atoms with van der Waals surface area (Å²) in [7, 11) is 1.69. The van der Waals surface area contributed by atoms with Gasteiger partial charge in [0.2, 0.25) is 6.79 Å². The van der Waals surface area contributed by atoms with Crippen molar-refractivity contribution in [3.63, 3.8) is 0 Å². The first-order valence-corrected chi connectivity index (χ1v) is 7.45. The van der Waals surface area contributed by atoms with Crippen molar-refractivity contribution >= 4 is 57.5 Å². The third-order valence-electron chi connectivity index (χ3n) is 3.73. The zero-order valence-corrected chi connectivity index (χ0v) is 17.0. The van der Waals surface area contributed by atoms with Crippen LogP contribution in [0.5, 0.6) is 17.2 Å². The van der Waals surface area contributed by atoms with Crippen molar-refractivity contribution in [2.24, 2.45) is 5.92 Å². The van der Waals surface area contributed by atoms with Crippen LogP contribution < -0.4 is 14.2 Å². The van der Waals surface area contributed by atoms with Crippen LogP contribution in [0.3, 0.4) is 0 Å². The molecule has 4 heteroatoms. The van der Waals surface area contributed by atoms with Crippen molar-refractivity contribution in [2.75, 3.05) is 13.9 Å². The quantitative estimate of drug-likeness (QED) is 0.775. The number of methoxy groups -OCH3 is 1. The molecule has 3 rings (SSSR count). The molecule has 0 spiro atoms. The fourth-order valence-electron chi connectivity index (χ4n) is 2.49. The molecule has 3 nitrogen and oxygen atoms in total. The van der Waals surface area contributed by atoms with E-state index in [1.165, 1.54) is 5.56 Å². The Hall–Kier alpha value is -0.784. The minimum atomic E-state index is 0. The van der Waals surface area contributed by atoms with Crippen LogP contribution in [-0.2, 0) is 6.42 Å². The van der Waals surface area contributed by atoms with Gasteiger partial charge in [-0.1, -0.05) is 37.3 Å². The average molecular weight is 335 g/mol. The Kier molecular flexibility index (Phi) is 7.18. The van der Waals surface area contributed by atoms with Gasteiger partial charge in [0.05, 0.1) is 7.11 Å². The Morgan fingerprint density at radius 3 is 2.57 bits per heavy atom. The van der Waals surface area contributed by atoms with Gasteiger partial charge >= 0.3 is 0 Å². The van der Waals surface area contributed by atoms with Crippen LogP contribution in [0.15, 0.2) is 48.5 Å². The Balaban J connectivity index is 0.00000192. The normalized spacial score (nSPS) is 13.7. The maximum atomic E-state index is 5.40. The number of hydrogen-bond acceptors (Lipinski definition) is 3. The summed E-state index contributed by atoms with van der Waals surface area (Å²) in [6, 6.07) is 14.2. The van der Waals surface area contributed by atoms with Crippen molar-refractivity contribution in [1.29, 1.82) is 0 Å². The number of fused-ring (bicyclic) bond motifs is 1. The second kappa shape index (κ2) is 8.90. The molecule has 0 saturated heterocycles. The van der Waals surface area contributed by atoms with Crippen molar-refractivity contribution < 1.29 is 14.2 Å². The molecule has 0 amide bonds. The molecule has 1 aliphatic heterocycles. The third-order valence-corrected chi connectivity index (χ3v) is 3.73. The van der Waals surface area contributed by atoms with Gasteiger partial charge in [0.15, 0.2) is 11.5 Å². The predicted octanol–water partition coefficient (Wildman–Crippen LogP) is 3.94. The monoisotopic (exact) mass is 335 g/mol. The first kappa shape index (κ1) is 18.6. The number of rotatable bonds is 5. The van der Waals surface area contributed by atoms with Gasteiger partial charge in [0, 0.05) is 51.4 Å². The van der Waals surface area contributed by atoms with Crippen LogP contribution in [0.25, 0.3) is 6.08 Å². The molecule has 2 aromatic carbocycles. The van der Waals surface area contributed by atoms with E-state index in [4.69, 9.17) is 14.2 Å². The molecule has 115 valence electrons. The Bertz CT molecular complexity index is 665. The first-order chi connectivity index (χ1) is 10.7. The minimum absolute atomic E-state index is 0. The molecule has 0 saturated carbocycles. The molecule has 1 heterocycles. The van der Waals surface area contributed by atoms with E-state index >= 15 is 0 Å². The molecule has 0 aromatic heterocycles. The SMILES string of the molecule is COc1ccc(CC(C)C=Cc2ccc3c(c2)OCO3)cc1.[K]. The molecule has 1 unspecified atom stereocenters. The standard InChI is InChI=1S/C19H20O3.K/c1-14(11-15-5-8-17(20-2)9-6-15)3-4-16-7-10-18-19(12-16)22-13-21-18;/h3-10,12,14H,11,13H2,1-2H3;. The zero-order chi connectivity index (χ0) is 15.4. The summed E-state index contributed by atoms with van der Waals surface area (Å²) < 4.78 is 15.9. The van der Waals surface area contributed by atoms with Crippen LogP contribution in [0.2, 0.25) is 0 Å². The van der Waals surface area contributed by atoms with E-state index in [1.54, 1.807) is 7.11 Å². The number of ether oxygens (including phenoxy) is 3. The van der Waals surface area contributed by atoms with Gasteiger partial charge in [-0.05, 0) is 47.7 Å². The molecule has 2 aromatic rings. The summed E-state index contributed by atoms with van der Waals surface area (Å²) in [5, 5.41) is 0. The second-order valence-electron chi connectivity index (χ2n) is 5.50. The maximum absolute atomic E-state index is 5.40. The van der Waals surface area contributed by atoms with E-state index in [9.17, 15) is 0 Å². The van der Waals surface area contributed by atoms with Gasteiger partial charge in [0.1, 0.15) is 5.75 Å². The first-order valence-electron chi connectivity index (χ1n) is 7.45. The molecule has 0 fully saturated rings. The Morgan fingerprint density at radius 2 is 1.83 bits per heavy atom. The van der Waals surface area contributed by atoms with Crippen LogP contribution in [0.1, 0.15) is 18.1 Å². The largest absolute Gasteiger partial charge is 0.497 e. The predicted molar refractivity (Wildman–Crippen MR) is 93.2 cm³/mol. The summed E-state index contributed by atoms with van der Waals surface area (Å²) >= 11 is 0. The summed E-state index contributed by atoms with van der Waals surface area (Å²) in [6.07, 6.45) is 5.36. The van der Waals surface area contributed by atoms with Crippen LogP contribution in [-0.4, -0.2) is 65.3 Å². The molecular weight excluding hydrogens is 315 g/mol. The average Bonchev–Trinajstić information content (AvgIpc) is 3.01. The van der Waals surface area contributed by atoms with Crippen LogP contribution in [0.4, 0.5) is 0 Å². The van der Waals surface area contributed by atoms with E-state index in [0.29, 0.717) is 12.7 Å². The van der Waals surface area contributed by atoms with Crippen molar-refractivity contribution in [2.45, 2.75) is 13.3 Å². The molecule has 0 N–H and O–H groups in total. The third kappa shape index (κ3) is 5.09. The van der Waals surface area contributed by atoms with E-state index in [-0.39, 0.29) is 51.4 Å². The van der Waals surface area contributed by atoms with E-state index in [0.717, 1.165) is 29.2 Å². The van der Waals surface area contributed by atoms with E-state index in [2.05, 4.69) is 31.2 Å². The molecule has 0 aliphatic carbocycles. The minimum Gasteiger partial charge on any atom is -0.497 e. The van der Waals surface area contributed by atoms with Crippen LogP contribution >= 0.6 is 0 Å². The van der Waals surface area contributed by atoms with Gasteiger partial charge in [-0.3, -0.25) is 0 Å². The molecule has 1 radical (unpaired) electrons. The topological polar surface area (TPSA) is 27.7 Å². The second-order valence-corrected chi connectivity index (χ2v) is 5.50. The molecule has 23 heavy (non-hydrogen) atoms. The number of allylic oxidation sites excluding steroid dienone is 1. The smallest absolute Gasteiger partial charge is 0.231 e. The Morgan fingerprint density at radius 1 is 1.09 bits per heavy atom. The fraction of sp³-hybridized carbons (Fsp3) is 0.263. The molecule has 1 atom stereocenters. The fourth-order valence-corrected chi connectivity index (χ4v) is 2.49. The molecular formula is C19H20KO3. The Labute approximate surface area is 180 Å². The van der Waals surface area contributed by atoms with Gasteiger partial charge in [-0.25, -0.2) is 0 Å². The van der Waals surface area contributed by atoms with Crippen molar-refractivity contribution in [3.8, 4) is 17.2 Å². The summed E-state index contributed by atoms with van der Waals surface area (Å²) in [4.78, 5) is 0. The van der Waals surface area contributed by atoms with Crippen molar-refractivity contribution in [1.82, 2.24) is 0 Å². The number of hydrogen-bond donors (Lipinski definition) is 0. The maximum Gasteiger partial charge on any atom is 0.231 e. The van der Waals surface area contributed by atoms with E-state index < -0.39 is 0 Å². The van der Waals surface area contributed by atoms with Crippen LogP contribution in [0, 0.1) is 5.92 Å². The number of benzene rings is 2. The summed E-state index contributed by atoms with van der Waals surface area (Å²) in [5.41, 5.74) is 2.44. The van der Waals surface area contributed by atoms with E-state index in [1.807, 2.05) is 30.3 Å². The van der Waals surface area contributed by atoms with Gasteiger partial charge in [0.25, 0.3) is 0 Å². The van der Waals surface area contributed by atoms with Gasteiger partial charge in [-0.2, -0.15) is 0 Å². The van der Waals surface area contributed by atoms with Crippen molar-refractivity contribution in [3.05, 3.63) is 59.7 Å². The molecule has 0 bridgehead atoms. The summed E-state index contributed by atoms with van der Waals surface area (Å²) in [5.74, 6) is 3.00. The molecule has 1 aliphatic rings. The summed E-state index contributed by atoms with van der Waals surface area (Å²) in [6.45, 7) is 2.53. The van der Waals surface area contributed by atoms with Gasteiger partial charge in [-0.15, -0.1) is 0 Å². The zero-order valence-electron chi connectivity index (χ0n) is 13.9. The van der Waals surface area contributed by atoms with Gasteiger partial charge < -0.3 is 14.2 Å².